The molecule has 1 aromatic rings. The Bertz CT molecular complexity index is 550. The van der Waals surface area contributed by atoms with Crippen LogP contribution in [0.2, 0.25) is 0 Å². The highest BCUT2D eigenvalue weighted by molar-refractivity contribution is 5.77. The molecule has 2 aliphatic rings. The molecule has 23 heavy (non-hydrogen) atoms. The van der Waals surface area contributed by atoms with Crippen LogP contribution >= 0.6 is 0 Å². The van der Waals surface area contributed by atoms with E-state index >= 15 is 0 Å². The molecule has 0 aromatic heterocycles. The molecule has 3 heteroatoms. The topological polar surface area (TPSA) is 32.3 Å². The summed E-state index contributed by atoms with van der Waals surface area (Å²) in [6.07, 6.45) is 7.52. The van der Waals surface area contributed by atoms with Gasteiger partial charge < -0.3 is 10.2 Å². The molecule has 1 amide bonds. The minimum Gasteiger partial charge on any atom is -0.350 e. The van der Waals surface area contributed by atoms with Gasteiger partial charge in [-0.3, -0.25) is 4.79 Å². The normalized spacial score (nSPS) is 23.5. The van der Waals surface area contributed by atoms with Crippen molar-refractivity contribution in [3.05, 3.63) is 35.4 Å². The van der Waals surface area contributed by atoms with Crippen molar-refractivity contribution in [2.24, 2.45) is 5.92 Å². The first kappa shape index (κ1) is 16.5. The Morgan fingerprint density at radius 2 is 2.13 bits per heavy atom. The lowest BCUT2D eigenvalue weighted by atomic mass is 9.93. The summed E-state index contributed by atoms with van der Waals surface area (Å²) >= 11 is 0. The number of piperidine rings is 1. The van der Waals surface area contributed by atoms with Crippen LogP contribution in [0.4, 0.5) is 0 Å². The zero-order valence-electron chi connectivity index (χ0n) is 14.6. The summed E-state index contributed by atoms with van der Waals surface area (Å²) < 4.78 is 0. The van der Waals surface area contributed by atoms with Crippen molar-refractivity contribution in [2.45, 2.75) is 57.4 Å². The number of aryl methyl sites for hydroxylation is 1. The first-order chi connectivity index (χ1) is 11.1. The van der Waals surface area contributed by atoms with Gasteiger partial charge in [0.25, 0.3) is 0 Å². The van der Waals surface area contributed by atoms with Gasteiger partial charge in [0, 0.05) is 18.5 Å². The van der Waals surface area contributed by atoms with Crippen molar-refractivity contribution in [1.82, 2.24) is 10.2 Å². The summed E-state index contributed by atoms with van der Waals surface area (Å²) in [5, 5.41) is 3.34. The Morgan fingerprint density at radius 3 is 2.83 bits per heavy atom. The van der Waals surface area contributed by atoms with Gasteiger partial charge in [-0.25, -0.2) is 0 Å². The second-order valence-electron chi connectivity index (χ2n) is 7.74. The number of nitrogens with zero attached hydrogens (tertiary/aromatic N) is 1. The van der Waals surface area contributed by atoms with Crippen molar-refractivity contribution in [3.63, 3.8) is 0 Å². The summed E-state index contributed by atoms with van der Waals surface area (Å²) in [5.41, 5.74) is 2.75. The molecular weight excluding hydrogens is 284 g/mol. The fraction of sp³-hybridized carbons (Fsp3) is 0.650. The van der Waals surface area contributed by atoms with E-state index in [1.54, 1.807) is 0 Å². The maximum atomic E-state index is 12.4. The molecule has 3 nitrogen and oxygen atoms in total. The van der Waals surface area contributed by atoms with Crippen LogP contribution in [-0.2, 0) is 11.2 Å². The highest BCUT2D eigenvalue weighted by Crippen LogP contribution is 2.39. The van der Waals surface area contributed by atoms with Crippen molar-refractivity contribution in [3.8, 4) is 0 Å². The van der Waals surface area contributed by atoms with E-state index in [1.165, 1.54) is 30.5 Å². The zero-order valence-corrected chi connectivity index (χ0v) is 14.6. The number of hydrogen-bond acceptors (Lipinski definition) is 2. The molecule has 1 aliphatic heterocycles. The lowest BCUT2D eigenvalue weighted by Gasteiger charge is -2.29. The molecule has 2 fully saturated rings. The third kappa shape index (κ3) is 4.57. The molecule has 0 bridgehead atoms. The van der Waals surface area contributed by atoms with Gasteiger partial charge in [-0.15, -0.1) is 0 Å². The summed E-state index contributed by atoms with van der Waals surface area (Å²) in [4.78, 5) is 14.8. The van der Waals surface area contributed by atoms with E-state index in [4.69, 9.17) is 0 Å². The monoisotopic (exact) mass is 314 g/mol. The average molecular weight is 314 g/mol. The quantitative estimate of drug-likeness (QED) is 0.874. The molecule has 0 spiro atoms. The molecule has 1 aliphatic carbocycles. The highest BCUT2D eigenvalue weighted by Gasteiger charge is 2.43. The molecule has 1 atom stereocenters. The minimum atomic E-state index is 0.0482. The smallest absolute Gasteiger partial charge is 0.220 e. The average Bonchev–Trinajstić information content (AvgIpc) is 3.27. The number of benzene rings is 1. The largest absolute Gasteiger partial charge is 0.350 e. The summed E-state index contributed by atoms with van der Waals surface area (Å²) in [7, 11) is 2.19. The first-order valence-corrected chi connectivity index (χ1v) is 9.10. The lowest BCUT2D eigenvalue weighted by Crippen LogP contribution is -2.39. The maximum Gasteiger partial charge on any atom is 0.220 e. The number of rotatable bonds is 6. The minimum absolute atomic E-state index is 0.0482. The Balaban J connectivity index is 1.47. The highest BCUT2D eigenvalue weighted by atomic mass is 16.1. The van der Waals surface area contributed by atoms with E-state index in [-0.39, 0.29) is 11.4 Å². The van der Waals surface area contributed by atoms with Crippen molar-refractivity contribution < 1.29 is 4.79 Å². The van der Waals surface area contributed by atoms with E-state index in [1.807, 2.05) is 0 Å². The lowest BCUT2D eigenvalue weighted by molar-refractivity contribution is -0.122. The van der Waals surface area contributed by atoms with Gasteiger partial charge in [0.05, 0.1) is 0 Å². The predicted molar refractivity (Wildman–Crippen MR) is 94.4 cm³/mol. The van der Waals surface area contributed by atoms with Crippen molar-refractivity contribution >= 4 is 5.91 Å². The molecule has 1 saturated heterocycles. The second kappa shape index (κ2) is 7.04. The Hall–Kier alpha value is -1.35. The number of likely N-dealkylation sites (tertiary alicyclic amines) is 1. The van der Waals surface area contributed by atoms with Gasteiger partial charge in [-0.05, 0) is 76.1 Å². The SMILES string of the molecule is Cc1ccccc1CC1(NC(=O)CC[C@@H]2CCCN(C)C2)CC1. The van der Waals surface area contributed by atoms with Crippen LogP contribution in [0, 0.1) is 12.8 Å². The Morgan fingerprint density at radius 1 is 1.35 bits per heavy atom. The molecule has 1 heterocycles. The predicted octanol–water partition coefficient (Wildman–Crippen LogP) is 3.31. The van der Waals surface area contributed by atoms with Gasteiger partial charge >= 0.3 is 0 Å². The summed E-state index contributed by atoms with van der Waals surface area (Å²) in [6.45, 7) is 4.52. The number of nitrogens with one attached hydrogen (secondary N) is 1. The fourth-order valence-electron chi connectivity index (χ4n) is 3.87. The van der Waals surface area contributed by atoms with Gasteiger partial charge in [0.2, 0.25) is 5.91 Å². The van der Waals surface area contributed by atoms with Gasteiger partial charge in [0.1, 0.15) is 0 Å². The molecule has 1 saturated carbocycles. The maximum absolute atomic E-state index is 12.4. The fourth-order valence-corrected chi connectivity index (χ4v) is 3.87. The van der Waals surface area contributed by atoms with E-state index in [0.717, 1.165) is 32.2 Å². The third-order valence-corrected chi connectivity index (χ3v) is 5.55. The van der Waals surface area contributed by atoms with Crippen LogP contribution in [0.5, 0.6) is 0 Å². The van der Waals surface area contributed by atoms with Crippen LogP contribution in [0.3, 0.4) is 0 Å². The number of carbonyl (C=O) groups is 1. The molecular formula is C20H30N2O. The molecule has 3 rings (SSSR count). The summed E-state index contributed by atoms with van der Waals surface area (Å²) in [6, 6.07) is 8.53. The van der Waals surface area contributed by atoms with Gasteiger partial charge in [-0.1, -0.05) is 24.3 Å². The molecule has 0 unspecified atom stereocenters. The van der Waals surface area contributed by atoms with Crippen LogP contribution in [0.15, 0.2) is 24.3 Å². The molecule has 126 valence electrons. The van der Waals surface area contributed by atoms with Gasteiger partial charge in [-0.2, -0.15) is 0 Å². The van der Waals surface area contributed by atoms with E-state index in [2.05, 4.69) is 48.5 Å². The van der Waals surface area contributed by atoms with E-state index in [9.17, 15) is 4.79 Å². The van der Waals surface area contributed by atoms with Gasteiger partial charge in [0.15, 0.2) is 0 Å². The standard InChI is InChI=1S/C20H30N2O/c1-16-6-3-4-8-18(16)14-20(11-12-20)21-19(23)10-9-17-7-5-13-22(2)15-17/h3-4,6,8,17H,5,7,9-15H2,1-2H3,(H,21,23)/t17-/m0/s1. The first-order valence-electron chi connectivity index (χ1n) is 9.10. The molecule has 0 radical (unpaired) electrons. The second-order valence-corrected chi connectivity index (χ2v) is 7.74. The number of hydrogen-bond donors (Lipinski definition) is 1. The number of carbonyl (C=O) groups excluding carboxylic acids is 1. The van der Waals surface area contributed by atoms with E-state index in [0.29, 0.717) is 12.3 Å². The van der Waals surface area contributed by atoms with Crippen LogP contribution < -0.4 is 5.32 Å². The van der Waals surface area contributed by atoms with Crippen LogP contribution in [-0.4, -0.2) is 36.5 Å². The Kier molecular flexibility index (Phi) is 5.05. The Labute approximate surface area is 140 Å². The van der Waals surface area contributed by atoms with E-state index < -0.39 is 0 Å². The zero-order chi connectivity index (χ0) is 16.3. The van der Waals surface area contributed by atoms with Crippen molar-refractivity contribution in [2.75, 3.05) is 20.1 Å². The van der Waals surface area contributed by atoms with Crippen LogP contribution in [0.25, 0.3) is 0 Å². The number of amides is 1. The molecule has 1 N–H and O–H groups in total. The third-order valence-electron chi connectivity index (χ3n) is 5.55. The molecule has 1 aromatic carbocycles. The summed E-state index contributed by atoms with van der Waals surface area (Å²) in [5.74, 6) is 0.954. The van der Waals surface area contributed by atoms with Crippen LogP contribution in [0.1, 0.15) is 49.7 Å². The van der Waals surface area contributed by atoms with Crippen molar-refractivity contribution in [1.29, 1.82) is 0 Å².